The predicted molar refractivity (Wildman–Crippen MR) is 122 cm³/mol. The standard InChI is InChI=1S/C21H26N4O4S2/c1-4-11-25-18-10-9-15(31(22,27)28)12-17(18)24-21(25)30-13-20(26)23-14(2)16-7-5-6-8-19(16)29-3/h5-10,12,14H,4,11,13H2,1-3H3,(H,23,26)(H2,22,27,28). The van der Waals surface area contributed by atoms with Crippen LogP contribution < -0.4 is 15.2 Å². The van der Waals surface area contributed by atoms with E-state index >= 15 is 0 Å². The zero-order valence-electron chi connectivity index (χ0n) is 17.7. The molecule has 0 saturated heterocycles. The maximum absolute atomic E-state index is 12.6. The molecule has 1 aromatic heterocycles. The van der Waals surface area contributed by atoms with E-state index in [9.17, 15) is 13.2 Å². The Morgan fingerprint density at radius 1 is 1.29 bits per heavy atom. The van der Waals surface area contributed by atoms with Crippen LogP contribution in [0.3, 0.4) is 0 Å². The Morgan fingerprint density at radius 2 is 2.03 bits per heavy atom. The van der Waals surface area contributed by atoms with Gasteiger partial charge < -0.3 is 14.6 Å². The van der Waals surface area contributed by atoms with Gasteiger partial charge in [-0.25, -0.2) is 18.5 Å². The van der Waals surface area contributed by atoms with Crippen molar-refractivity contribution in [2.75, 3.05) is 12.9 Å². The summed E-state index contributed by atoms with van der Waals surface area (Å²) in [6.07, 6.45) is 0.868. The van der Waals surface area contributed by atoms with Crippen LogP contribution in [0.15, 0.2) is 52.5 Å². The second-order valence-electron chi connectivity index (χ2n) is 7.06. The first-order chi connectivity index (χ1) is 14.7. The summed E-state index contributed by atoms with van der Waals surface area (Å²) < 4.78 is 30.7. The van der Waals surface area contributed by atoms with Crippen LogP contribution in [0.25, 0.3) is 11.0 Å². The molecule has 10 heteroatoms. The summed E-state index contributed by atoms with van der Waals surface area (Å²) in [5.74, 6) is 0.760. The molecule has 1 unspecified atom stereocenters. The summed E-state index contributed by atoms with van der Waals surface area (Å²) in [5.41, 5.74) is 2.24. The van der Waals surface area contributed by atoms with E-state index in [0.29, 0.717) is 17.2 Å². The molecule has 1 heterocycles. The van der Waals surface area contributed by atoms with Crippen molar-refractivity contribution < 1.29 is 17.9 Å². The van der Waals surface area contributed by atoms with E-state index in [0.717, 1.165) is 23.3 Å². The predicted octanol–water partition coefficient (Wildman–Crippen LogP) is 3.07. The van der Waals surface area contributed by atoms with Crippen LogP contribution in [-0.4, -0.2) is 36.7 Å². The van der Waals surface area contributed by atoms with E-state index in [-0.39, 0.29) is 22.6 Å². The van der Waals surface area contributed by atoms with E-state index in [1.165, 1.54) is 23.9 Å². The zero-order chi connectivity index (χ0) is 22.6. The fourth-order valence-corrected chi connectivity index (χ4v) is 4.72. The number of aryl methyl sites for hydroxylation is 1. The van der Waals surface area contributed by atoms with Gasteiger partial charge in [0.1, 0.15) is 5.75 Å². The number of thioether (sulfide) groups is 1. The van der Waals surface area contributed by atoms with Gasteiger partial charge in [-0.2, -0.15) is 0 Å². The summed E-state index contributed by atoms with van der Waals surface area (Å²) >= 11 is 1.31. The van der Waals surface area contributed by atoms with E-state index in [2.05, 4.69) is 10.3 Å². The molecule has 1 amide bonds. The lowest BCUT2D eigenvalue weighted by Crippen LogP contribution is -2.28. The topological polar surface area (TPSA) is 116 Å². The molecule has 3 N–H and O–H groups in total. The van der Waals surface area contributed by atoms with Crippen LogP contribution in [0, 0.1) is 0 Å². The molecule has 0 aliphatic carbocycles. The number of carbonyl (C=O) groups excluding carboxylic acids is 1. The number of para-hydroxylation sites is 1. The number of sulfonamides is 1. The average molecular weight is 463 g/mol. The Kier molecular flexibility index (Phi) is 7.24. The number of ether oxygens (including phenoxy) is 1. The van der Waals surface area contributed by atoms with Crippen molar-refractivity contribution in [2.24, 2.45) is 5.14 Å². The van der Waals surface area contributed by atoms with Crippen molar-refractivity contribution in [1.29, 1.82) is 0 Å². The molecule has 166 valence electrons. The van der Waals surface area contributed by atoms with Crippen LogP contribution in [0.4, 0.5) is 0 Å². The van der Waals surface area contributed by atoms with Crippen molar-refractivity contribution in [2.45, 2.75) is 42.9 Å². The second kappa shape index (κ2) is 9.71. The molecular weight excluding hydrogens is 436 g/mol. The first-order valence-electron chi connectivity index (χ1n) is 9.82. The highest BCUT2D eigenvalue weighted by Gasteiger charge is 2.17. The molecule has 0 radical (unpaired) electrons. The smallest absolute Gasteiger partial charge is 0.238 e. The summed E-state index contributed by atoms with van der Waals surface area (Å²) in [7, 11) is -2.21. The molecule has 0 saturated carbocycles. The number of amides is 1. The van der Waals surface area contributed by atoms with E-state index < -0.39 is 10.0 Å². The SMILES string of the molecule is CCCn1c(SCC(=O)NC(C)c2ccccc2OC)nc2cc(S(N)(=O)=O)ccc21. The van der Waals surface area contributed by atoms with Gasteiger partial charge in [0.25, 0.3) is 0 Å². The van der Waals surface area contributed by atoms with Gasteiger partial charge in [-0.1, -0.05) is 36.9 Å². The first kappa shape index (κ1) is 23.1. The number of nitrogens with two attached hydrogens (primary N) is 1. The maximum atomic E-state index is 12.6. The molecule has 8 nitrogen and oxygen atoms in total. The second-order valence-corrected chi connectivity index (χ2v) is 9.57. The molecule has 2 aromatic carbocycles. The van der Waals surface area contributed by atoms with E-state index in [1.807, 2.05) is 42.7 Å². The number of rotatable bonds is 9. The number of aromatic nitrogens is 2. The fourth-order valence-electron chi connectivity index (χ4n) is 3.33. The third kappa shape index (κ3) is 5.38. The van der Waals surface area contributed by atoms with E-state index in [4.69, 9.17) is 9.88 Å². The Morgan fingerprint density at radius 3 is 2.71 bits per heavy atom. The number of nitrogens with one attached hydrogen (secondary N) is 1. The highest BCUT2D eigenvalue weighted by atomic mass is 32.2. The number of primary sulfonamides is 1. The minimum atomic E-state index is -3.81. The Hall–Kier alpha value is -2.56. The number of benzene rings is 2. The van der Waals surface area contributed by atoms with Gasteiger partial charge in [0, 0.05) is 12.1 Å². The summed E-state index contributed by atoms with van der Waals surface area (Å²) in [6.45, 7) is 4.65. The number of hydrogen-bond donors (Lipinski definition) is 2. The largest absolute Gasteiger partial charge is 0.496 e. The van der Waals surface area contributed by atoms with Crippen LogP contribution >= 0.6 is 11.8 Å². The lowest BCUT2D eigenvalue weighted by Gasteiger charge is -2.17. The lowest BCUT2D eigenvalue weighted by atomic mass is 10.1. The quantitative estimate of drug-likeness (QED) is 0.472. The van der Waals surface area contributed by atoms with Gasteiger partial charge in [0.05, 0.1) is 34.8 Å². The number of imidazole rings is 1. The molecule has 0 aliphatic heterocycles. The van der Waals surface area contributed by atoms with Gasteiger partial charge in [0.15, 0.2) is 5.16 Å². The molecule has 31 heavy (non-hydrogen) atoms. The van der Waals surface area contributed by atoms with Crippen molar-refractivity contribution in [3.05, 3.63) is 48.0 Å². The van der Waals surface area contributed by atoms with Crippen LogP contribution in [0.1, 0.15) is 31.9 Å². The molecule has 0 fully saturated rings. The molecule has 3 aromatic rings. The Labute approximate surface area is 186 Å². The van der Waals surface area contributed by atoms with Crippen molar-refractivity contribution in [1.82, 2.24) is 14.9 Å². The minimum absolute atomic E-state index is 0.0149. The van der Waals surface area contributed by atoms with Gasteiger partial charge in [-0.15, -0.1) is 0 Å². The van der Waals surface area contributed by atoms with Crippen LogP contribution in [0.5, 0.6) is 5.75 Å². The maximum Gasteiger partial charge on any atom is 0.238 e. The molecule has 1 atom stereocenters. The van der Waals surface area contributed by atoms with Crippen LogP contribution in [-0.2, 0) is 21.4 Å². The van der Waals surface area contributed by atoms with Gasteiger partial charge in [-0.3, -0.25) is 4.79 Å². The normalized spacial score (nSPS) is 12.6. The van der Waals surface area contributed by atoms with Gasteiger partial charge in [-0.05, 0) is 37.6 Å². The third-order valence-corrected chi connectivity index (χ3v) is 6.66. The first-order valence-corrected chi connectivity index (χ1v) is 12.4. The summed E-state index contributed by atoms with van der Waals surface area (Å²) in [6, 6.07) is 12.0. The average Bonchev–Trinajstić information content (AvgIpc) is 3.08. The lowest BCUT2D eigenvalue weighted by molar-refractivity contribution is -0.119. The number of fused-ring (bicyclic) bond motifs is 1. The van der Waals surface area contributed by atoms with Crippen molar-refractivity contribution >= 4 is 38.7 Å². The third-order valence-electron chi connectivity index (χ3n) is 4.78. The molecule has 3 rings (SSSR count). The van der Waals surface area contributed by atoms with Crippen molar-refractivity contribution in [3.63, 3.8) is 0 Å². The Balaban J connectivity index is 1.76. The highest BCUT2D eigenvalue weighted by molar-refractivity contribution is 7.99. The zero-order valence-corrected chi connectivity index (χ0v) is 19.3. The monoisotopic (exact) mass is 462 g/mol. The Bertz CT molecular complexity index is 1190. The molecule has 0 bridgehead atoms. The summed E-state index contributed by atoms with van der Waals surface area (Å²) in [5, 5.41) is 8.87. The minimum Gasteiger partial charge on any atom is -0.496 e. The highest BCUT2D eigenvalue weighted by Crippen LogP contribution is 2.27. The molecule has 0 aliphatic rings. The van der Waals surface area contributed by atoms with E-state index in [1.54, 1.807) is 13.2 Å². The fraction of sp³-hybridized carbons (Fsp3) is 0.333. The number of methoxy groups -OCH3 is 1. The van der Waals surface area contributed by atoms with Crippen LogP contribution in [0.2, 0.25) is 0 Å². The van der Waals surface area contributed by atoms with Crippen molar-refractivity contribution in [3.8, 4) is 5.75 Å². The number of hydrogen-bond acceptors (Lipinski definition) is 6. The molecular formula is C21H26N4O4S2. The number of nitrogens with zero attached hydrogens (tertiary/aromatic N) is 2. The molecule has 0 spiro atoms. The van der Waals surface area contributed by atoms with Gasteiger partial charge in [0.2, 0.25) is 15.9 Å². The summed E-state index contributed by atoms with van der Waals surface area (Å²) in [4.78, 5) is 17.1. The number of carbonyl (C=O) groups is 1. The van der Waals surface area contributed by atoms with Gasteiger partial charge >= 0.3 is 0 Å².